The van der Waals surface area contributed by atoms with Crippen LogP contribution in [0.3, 0.4) is 0 Å². The molecular formula is C26H26ClIN2O3. The van der Waals surface area contributed by atoms with Crippen molar-refractivity contribution in [1.29, 1.82) is 0 Å². The summed E-state index contributed by atoms with van der Waals surface area (Å²) in [5.41, 5.74) is 7.53. The summed E-state index contributed by atoms with van der Waals surface area (Å²) in [4.78, 5) is 12.3. The first kappa shape index (κ1) is 25.1. The van der Waals surface area contributed by atoms with Gasteiger partial charge in [0.2, 0.25) is 5.91 Å². The first-order valence-electron chi connectivity index (χ1n) is 10.6. The molecule has 7 heteroatoms. The van der Waals surface area contributed by atoms with E-state index in [4.69, 9.17) is 21.1 Å². The second kappa shape index (κ2) is 12.0. The maximum Gasteiger partial charge on any atom is 0.244 e. The molecule has 0 aliphatic carbocycles. The molecular weight excluding hydrogens is 551 g/mol. The summed E-state index contributed by atoms with van der Waals surface area (Å²) in [6.07, 6.45) is 1.80. The maximum atomic E-state index is 12.3. The van der Waals surface area contributed by atoms with Gasteiger partial charge in [0.25, 0.3) is 0 Å². The zero-order valence-electron chi connectivity index (χ0n) is 18.8. The standard InChI is InChI=1S/C26H26ClIN2O3/c1-4-32-24-13-20(12-23(27)26(24)33-16-19-6-9-22(28)10-7-19)15-29-30-25(31)14-21-8-5-17(2)11-18(21)3/h5-13,15H,4,14,16H2,1-3H3,(H,30,31)/b29-15+. The Balaban J connectivity index is 1.66. The average molecular weight is 577 g/mol. The van der Waals surface area contributed by atoms with Gasteiger partial charge in [-0.3, -0.25) is 4.79 Å². The average Bonchev–Trinajstić information content (AvgIpc) is 2.76. The van der Waals surface area contributed by atoms with E-state index in [9.17, 15) is 4.79 Å². The molecule has 0 fully saturated rings. The van der Waals surface area contributed by atoms with Crippen LogP contribution in [-0.4, -0.2) is 18.7 Å². The van der Waals surface area contributed by atoms with E-state index < -0.39 is 0 Å². The zero-order chi connectivity index (χ0) is 23.8. The van der Waals surface area contributed by atoms with Gasteiger partial charge < -0.3 is 9.47 Å². The summed E-state index contributed by atoms with van der Waals surface area (Å²) in [7, 11) is 0. The van der Waals surface area contributed by atoms with Gasteiger partial charge in [-0.05, 0) is 89.9 Å². The molecule has 1 N–H and O–H groups in total. The Hall–Kier alpha value is -2.58. The zero-order valence-corrected chi connectivity index (χ0v) is 21.7. The quantitative estimate of drug-likeness (QED) is 0.187. The topological polar surface area (TPSA) is 59.9 Å². The molecule has 0 aromatic heterocycles. The van der Waals surface area contributed by atoms with Crippen LogP contribution in [0, 0.1) is 17.4 Å². The van der Waals surface area contributed by atoms with Gasteiger partial charge in [0.1, 0.15) is 6.61 Å². The number of nitrogens with one attached hydrogen (secondary N) is 1. The van der Waals surface area contributed by atoms with Gasteiger partial charge >= 0.3 is 0 Å². The molecule has 0 unspecified atom stereocenters. The van der Waals surface area contributed by atoms with Crippen molar-refractivity contribution in [3.8, 4) is 11.5 Å². The van der Waals surface area contributed by atoms with Gasteiger partial charge in [-0.15, -0.1) is 0 Å². The number of hydrazone groups is 1. The van der Waals surface area contributed by atoms with Crippen molar-refractivity contribution in [2.24, 2.45) is 5.10 Å². The fourth-order valence-corrected chi connectivity index (χ4v) is 3.87. The van der Waals surface area contributed by atoms with Crippen molar-refractivity contribution in [3.05, 3.63) is 91.0 Å². The number of carbonyl (C=O) groups is 1. The summed E-state index contributed by atoms with van der Waals surface area (Å²) in [5, 5.41) is 4.49. The van der Waals surface area contributed by atoms with Crippen molar-refractivity contribution in [2.45, 2.75) is 33.8 Å². The number of amides is 1. The van der Waals surface area contributed by atoms with E-state index in [1.807, 2.05) is 57.2 Å². The van der Waals surface area contributed by atoms with Gasteiger partial charge in [0, 0.05) is 3.57 Å². The molecule has 0 bridgehead atoms. The normalized spacial score (nSPS) is 10.9. The highest BCUT2D eigenvalue weighted by atomic mass is 127. The molecule has 0 aliphatic heterocycles. The predicted molar refractivity (Wildman–Crippen MR) is 141 cm³/mol. The summed E-state index contributed by atoms with van der Waals surface area (Å²) in [5.74, 6) is 0.818. The SMILES string of the molecule is CCOc1cc(/C=N/NC(=O)Cc2ccc(C)cc2C)cc(Cl)c1OCc1ccc(I)cc1. The predicted octanol–water partition coefficient (Wildman–Crippen LogP) is 6.23. The molecule has 5 nitrogen and oxygen atoms in total. The first-order chi connectivity index (χ1) is 15.9. The number of aryl methyl sites for hydroxylation is 2. The van der Waals surface area contributed by atoms with Crippen LogP contribution in [0.15, 0.2) is 59.7 Å². The van der Waals surface area contributed by atoms with E-state index >= 15 is 0 Å². The van der Waals surface area contributed by atoms with Crippen molar-refractivity contribution in [2.75, 3.05) is 6.61 Å². The van der Waals surface area contributed by atoms with Crippen LogP contribution in [0.2, 0.25) is 5.02 Å². The number of benzene rings is 3. The fraction of sp³-hybridized carbons (Fsp3) is 0.231. The van der Waals surface area contributed by atoms with Crippen molar-refractivity contribution in [3.63, 3.8) is 0 Å². The first-order valence-corrected chi connectivity index (χ1v) is 12.0. The Morgan fingerprint density at radius 2 is 1.85 bits per heavy atom. The van der Waals surface area contributed by atoms with Gasteiger partial charge in [-0.2, -0.15) is 5.10 Å². The molecule has 0 spiro atoms. The Morgan fingerprint density at radius 1 is 1.09 bits per heavy atom. The molecule has 172 valence electrons. The van der Waals surface area contributed by atoms with Crippen molar-refractivity contribution >= 4 is 46.3 Å². The van der Waals surface area contributed by atoms with Gasteiger partial charge in [0.05, 0.1) is 24.3 Å². The molecule has 0 heterocycles. The highest BCUT2D eigenvalue weighted by molar-refractivity contribution is 14.1. The van der Waals surface area contributed by atoms with Gasteiger partial charge in [-0.1, -0.05) is 47.5 Å². The second-order valence-electron chi connectivity index (χ2n) is 7.58. The molecule has 0 radical (unpaired) electrons. The molecule has 1 amide bonds. The minimum Gasteiger partial charge on any atom is -0.490 e. The molecule has 3 rings (SSSR count). The lowest BCUT2D eigenvalue weighted by Crippen LogP contribution is -2.20. The molecule has 0 saturated heterocycles. The lowest BCUT2D eigenvalue weighted by molar-refractivity contribution is -0.120. The third-order valence-corrected chi connectivity index (χ3v) is 5.88. The lowest BCUT2D eigenvalue weighted by Gasteiger charge is -2.14. The van der Waals surface area contributed by atoms with Crippen LogP contribution in [0.5, 0.6) is 11.5 Å². The number of ether oxygens (including phenoxy) is 2. The van der Waals surface area contributed by atoms with E-state index in [0.29, 0.717) is 35.3 Å². The summed E-state index contributed by atoms with van der Waals surface area (Å²) >= 11 is 8.75. The van der Waals surface area contributed by atoms with E-state index in [1.54, 1.807) is 12.1 Å². The number of hydrogen-bond donors (Lipinski definition) is 1. The molecule has 0 atom stereocenters. The minimum absolute atomic E-state index is 0.188. The van der Waals surface area contributed by atoms with Crippen LogP contribution >= 0.6 is 34.2 Å². The maximum absolute atomic E-state index is 12.3. The highest BCUT2D eigenvalue weighted by Gasteiger charge is 2.13. The third kappa shape index (κ3) is 7.47. The van der Waals surface area contributed by atoms with E-state index in [2.05, 4.69) is 39.2 Å². The van der Waals surface area contributed by atoms with Gasteiger partial charge in [0.15, 0.2) is 11.5 Å². The van der Waals surface area contributed by atoms with Crippen LogP contribution < -0.4 is 14.9 Å². The Labute approximate surface area is 213 Å². The number of nitrogens with zero attached hydrogens (tertiary/aromatic N) is 1. The van der Waals surface area contributed by atoms with Crippen LogP contribution in [-0.2, 0) is 17.8 Å². The van der Waals surface area contributed by atoms with Crippen molar-refractivity contribution < 1.29 is 14.3 Å². The highest BCUT2D eigenvalue weighted by Crippen LogP contribution is 2.37. The van der Waals surface area contributed by atoms with Crippen molar-refractivity contribution in [1.82, 2.24) is 5.43 Å². The Kier molecular flexibility index (Phi) is 9.14. The van der Waals surface area contributed by atoms with Crippen LogP contribution in [0.25, 0.3) is 0 Å². The van der Waals surface area contributed by atoms with E-state index in [1.165, 1.54) is 11.8 Å². The number of hydrogen-bond acceptors (Lipinski definition) is 4. The minimum atomic E-state index is -0.188. The summed E-state index contributed by atoms with van der Waals surface area (Å²) in [6, 6.07) is 17.6. The van der Waals surface area contributed by atoms with E-state index in [-0.39, 0.29) is 12.3 Å². The summed E-state index contributed by atoms with van der Waals surface area (Å²) in [6.45, 7) is 6.76. The summed E-state index contributed by atoms with van der Waals surface area (Å²) < 4.78 is 12.9. The molecule has 0 aliphatic rings. The smallest absolute Gasteiger partial charge is 0.244 e. The number of carbonyl (C=O) groups excluding carboxylic acids is 1. The second-order valence-corrected chi connectivity index (χ2v) is 9.23. The molecule has 3 aromatic carbocycles. The fourth-order valence-electron chi connectivity index (χ4n) is 3.24. The Bertz CT molecular complexity index is 1150. The monoisotopic (exact) mass is 576 g/mol. The third-order valence-electron chi connectivity index (χ3n) is 4.88. The molecule has 3 aromatic rings. The lowest BCUT2D eigenvalue weighted by atomic mass is 10.0. The van der Waals surface area contributed by atoms with E-state index in [0.717, 1.165) is 20.3 Å². The molecule has 33 heavy (non-hydrogen) atoms. The number of halogens is 2. The van der Waals surface area contributed by atoms with Gasteiger partial charge in [-0.25, -0.2) is 5.43 Å². The van der Waals surface area contributed by atoms with Crippen LogP contribution in [0.1, 0.15) is 34.7 Å². The largest absolute Gasteiger partial charge is 0.490 e. The Morgan fingerprint density at radius 3 is 2.55 bits per heavy atom. The number of rotatable bonds is 9. The van der Waals surface area contributed by atoms with Crippen LogP contribution in [0.4, 0.5) is 0 Å². The molecule has 0 saturated carbocycles.